The molecule has 5 nitrogen and oxygen atoms in total. The van der Waals surface area contributed by atoms with Gasteiger partial charge < -0.3 is 15.7 Å². The van der Waals surface area contributed by atoms with Crippen LogP contribution >= 0.6 is 0 Å². The van der Waals surface area contributed by atoms with E-state index in [0.29, 0.717) is 14.1 Å². The molecule has 136 valence electrons. The summed E-state index contributed by atoms with van der Waals surface area (Å²) in [4.78, 5) is 16.9. The fourth-order valence-corrected chi connectivity index (χ4v) is 3.07. The van der Waals surface area contributed by atoms with Gasteiger partial charge in [0.2, 0.25) is 5.91 Å². The summed E-state index contributed by atoms with van der Waals surface area (Å²) >= 11 is 0. The number of rotatable bonds is 7. The lowest BCUT2D eigenvalue weighted by atomic mass is 9.85. The van der Waals surface area contributed by atoms with Gasteiger partial charge in [-0.3, -0.25) is 9.78 Å². The van der Waals surface area contributed by atoms with Gasteiger partial charge in [-0.25, -0.2) is 0 Å². The number of amides is 1. The molecule has 0 saturated heterocycles. The van der Waals surface area contributed by atoms with Gasteiger partial charge in [0.15, 0.2) is 0 Å². The molecule has 1 unspecified atom stereocenters. The number of carbonyl (C=O) groups is 1. The van der Waals surface area contributed by atoms with Crippen molar-refractivity contribution < 1.29 is 9.45 Å². The number of hydrogen-bond donors (Lipinski definition) is 2. The van der Waals surface area contributed by atoms with E-state index in [1.165, 1.54) is 0 Å². The second-order valence-electron chi connectivity index (χ2n) is 6.31. The van der Waals surface area contributed by atoms with Gasteiger partial charge in [0.25, 0.3) is 0 Å². The van der Waals surface area contributed by atoms with E-state index in [4.69, 9.17) is 10.4 Å². The molecule has 0 fully saturated rings. The van der Waals surface area contributed by atoms with Gasteiger partial charge in [-0.15, -0.1) is 0 Å². The summed E-state index contributed by atoms with van der Waals surface area (Å²) in [7, 11) is 0.533. The Kier molecular flexibility index (Phi) is 6.01. The van der Waals surface area contributed by atoms with E-state index < -0.39 is 5.92 Å². The highest BCUT2D eigenvalue weighted by Gasteiger charge is 2.22. The van der Waals surface area contributed by atoms with Crippen LogP contribution in [-0.4, -0.2) is 31.5 Å². The molecule has 0 bridgehead atoms. The van der Waals surface area contributed by atoms with Gasteiger partial charge >= 0.3 is 7.48 Å². The monoisotopic (exact) mass is 359 g/mol. The molecule has 3 rings (SSSR count). The molecule has 1 amide bonds. The average Bonchev–Trinajstić information content (AvgIpc) is 3.14. The quantitative estimate of drug-likeness (QED) is 0.589. The Balaban J connectivity index is 1.83. The van der Waals surface area contributed by atoms with Crippen LogP contribution in [-0.2, 0) is 9.45 Å². The fourth-order valence-electron chi connectivity index (χ4n) is 3.07. The normalized spacial score (nSPS) is 15.4. The molecule has 1 atom stereocenters. The van der Waals surface area contributed by atoms with Crippen LogP contribution < -0.4 is 11.1 Å². The Bertz CT molecular complexity index is 949. The van der Waals surface area contributed by atoms with Crippen LogP contribution in [0.1, 0.15) is 0 Å². The van der Waals surface area contributed by atoms with Gasteiger partial charge in [-0.1, -0.05) is 37.5 Å². The molecule has 27 heavy (non-hydrogen) atoms. The number of pyridine rings is 1. The van der Waals surface area contributed by atoms with Crippen molar-refractivity contribution in [3.05, 3.63) is 84.7 Å². The summed E-state index contributed by atoms with van der Waals surface area (Å²) < 4.78 is 5.46. The summed E-state index contributed by atoms with van der Waals surface area (Å²) in [5.41, 5.74) is 9.42. The first kappa shape index (κ1) is 18.8. The van der Waals surface area contributed by atoms with Crippen molar-refractivity contribution >= 4 is 29.8 Å². The molecule has 3 N–H and O–H groups in total. The zero-order chi connectivity index (χ0) is 19.2. The van der Waals surface area contributed by atoms with E-state index in [1.807, 2.05) is 30.3 Å². The molecule has 1 aromatic carbocycles. The maximum absolute atomic E-state index is 12.8. The standard InChI is InChI=1S/C21H22BN3O2/c1-3-14(9-17-13-27-22-20(17)4-2)19(11-23)21(26)25-18-6-5-16-12-24-8-7-15(16)10-18/h3-10,12,19,22H,1-2,11,13,23H2,(H,25,26)/b14-9+. The van der Waals surface area contributed by atoms with Crippen LogP contribution in [0.15, 0.2) is 84.7 Å². The van der Waals surface area contributed by atoms with E-state index in [1.54, 1.807) is 24.5 Å². The third-order valence-electron chi connectivity index (χ3n) is 4.61. The first-order chi connectivity index (χ1) is 13.2. The number of carbonyl (C=O) groups excluding carboxylic acids is 1. The number of nitrogens with zero attached hydrogens (tertiary/aromatic N) is 1. The molecular weight excluding hydrogens is 337 g/mol. The van der Waals surface area contributed by atoms with Crippen LogP contribution in [0.4, 0.5) is 5.69 Å². The van der Waals surface area contributed by atoms with E-state index in [-0.39, 0.29) is 12.5 Å². The summed E-state index contributed by atoms with van der Waals surface area (Å²) in [6.45, 7) is 8.33. The van der Waals surface area contributed by atoms with Crippen molar-refractivity contribution in [2.75, 3.05) is 18.5 Å². The number of nitrogens with one attached hydrogen (secondary N) is 1. The summed E-state index contributed by atoms with van der Waals surface area (Å²) in [5.74, 6) is -0.675. The highest BCUT2D eigenvalue weighted by atomic mass is 16.4. The molecule has 1 aromatic heterocycles. The second-order valence-corrected chi connectivity index (χ2v) is 6.31. The van der Waals surface area contributed by atoms with Crippen molar-refractivity contribution in [2.24, 2.45) is 11.7 Å². The maximum Gasteiger partial charge on any atom is 0.309 e. The summed E-state index contributed by atoms with van der Waals surface area (Å²) in [6, 6.07) is 7.61. The number of fused-ring (bicyclic) bond motifs is 1. The fraction of sp³-hybridized carbons (Fsp3) is 0.143. The molecule has 0 spiro atoms. The number of anilines is 1. The van der Waals surface area contributed by atoms with Crippen molar-refractivity contribution in [3.63, 3.8) is 0 Å². The first-order valence-corrected chi connectivity index (χ1v) is 8.77. The van der Waals surface area contributed by atoms with Crippen molar-refractivity contribution in [1.82, 2.24) is 4.98 Å². The Labute approximate surface area is 159 Å². The van der Waals surface area contributed by atoms with Gasteiger partial charge in [-0.05, 0) is 40.2 Å². The molecule has 0 aliphatic carbocycles. The molecule has 6 heteroatoms. The van der Waals surface area contributed by atoms with E-state index in [9.17, 15) is 4.79 Å². The van der Waals surface area contributed by atoms with Crippen molar-refractivity contribution in [1.29, 1.82) is 0 Å². The van der Waals surface area contributed by atoms with Crippen molar-refractivity contribution in [2.45, 2.75) is 0 Å². The van der Waals surface area contributed by atoms with Gasteiger partial charge in [-0.2, -0.15) is 0 Å². The highest BCUT2D eigenvalue weighted by Crippen LogP contribution is 2.23. The molecule has 1 aliphatic rings. The Hall–Kier alpha value is -2.96. The maximum atomic E-state index is 12.8. The largest absolute Gasteiger partial charge is 0.430 e. The van der Waals surface area contributed by atoms with Gasteiger partial charge in [0.05, 0.1) is 12.5 Å². The van der Waals surface area contributed by atoms with E-state index in [2.05, 4.69) is 23.5 Å². The van der Waals surface area contributed by atoms with Crippen molar-refractivity contribution in [3.8, 4) is 0 Å². The third-order valence-corrected chi connectivity index (χ3v) is 4.61. The Morgan fingerprint density at radius 1 is 1.37 bits per heavy atom. The van der Waals surface area contributed by atoms with E-state index in [0.717, 1.165) is 33.1 Å². The predicted octanol–water partition coefficient (Wildman–Crippen LogP) is 2.68. The minimum absolute atomic E-state index is 0.170. The Morgan fingerprint density at radius 3 is 2.96 bits per heavy atom. The minimum Gasteiger partial charge on any atom is -0.430 e. The van der Waals surface area contributed by atoms with Crippen LogP contribution in [0.25, 0.3) is 10.8 Å². The predicted molar refractivity (Wildman–Crippen MR) is 112 cm³/mol. The zero-order valence-corrected chi connectivity index (χ0v) is 15.2. The minimum atomic E-state index is -0.505. The van der Waals surface area contributed by atoms with Crippen LogP contribution in [0, 0.1) is 5.92 Å². The first-order valence-electron chi connectivity index (χ1n) is 8.77. The lowest BCUT2D eigenvalue weighted by Gasteiger charge is -2.17. The molecule has 0 radical (unpaired) electrons. The molecular formula is C21H22BN3O2. The Morgan fingerprint density at radius 2 is 2.22 bits per heavy atom. The number of nitrogens with two attached hydrogens (primary N) is 1. The summed E-state index contributed by atoms with van der Waals surface area (Å²) in [6.07, 6.45) is 8.90. The van der Waals surface area contributed by atoms with Crippen LogP contribution in [0.5, 0.6) is 0 Å². The zero-order valence-electron chi connectivity index (χ0n) is 15.2. The van der Waals surface area contributed by atoms with Crippen LogP contribution in [0.2, 0.25) is 0 Å². The topological polar surface area (TPSA) is 77.2 Å². The number of hydrogen-bond acceptors (Lipinski definition) is 4. The highest BCUT2D eigenvalue weighted by molar-refractivity contribution is 6.41. The number of benzene rings is 1. The lowest BCUT2D eigenvalue weighted by Crippen LogP contribution is -2.30. The van der Waals surface area contributed by atoms with Gasteiger partial charge in [0.1, 0.15) is 0 Å². The third kappa shape index (κ3) is 4.24. The molecule has 2 aromatic rings. The van der Waals surface area contributed by atoms with Crippen LogP contribution in [0.3, 0.4) is 0 Å². The smallest absolute Gasteiger partial charge is 0.309 e. The molecule has 1 aliphatic heterocycles. The number of allylic oxidation sites excluding steroid dienone is 3. The molecule has 0 saturated carbocycles. The number of aromatic nitrogens is 1. The SMILES string of the molecule is C=CC1=C(/C=C(\C=C)C(CN)C(=O)Nc2ccc3cnccc3c2)COB1. The summed E-state index contributed by atoms with van der Waals surface area (Å²) in [5, 5.41) is 4.98. The lowest BCUT2D eigenvalue weighted by molar-refractivity contribution is -0.118. The average molecular weight is 359 g/mol. The van der Waals surface area contributed by atoms with Gasteiger partial charge in [0, 0.05) is 30.0 Å². The van der Waals surface area contributed by atoms with E-state index >= 15 is 0 Å². The molecule has 2 heterocycles. The second kappa shape index (κ2) is 8.62.